The lowest BCUT2D eigenvalue weighted by Crippen LogP contribution is -2.35. The van der Waals surface area contributed by atoms with Crippen molar-refractivity contribution in [2.24, 2.45) is 5.73 Å². The Morgan fingerprint density at radius 3 is 2.36 bits per heavy atom. The Bertz CT molecular complexity index is 591. The first-order valence-corrected chi connectivity index (χ1v) is 8.23. The molecule has 25 heavy (non-hydrogen) atoms. The van der Waals surface area contributed by atoms with Gasteiger partial charge in [0.25, 0.3) is 0 Å². The largest absolute Gasteiger partial charge is 0.494 e. The van der Waals surface area contributed by atoms with Gasteiger partial charge in [0, 0.05) is 12.8 Å². The molecule has 0 aliphatic rings. The van der Waals surface area contributed by atoms with E-state index in [4.69, 9.17) is 20.6 Å². The summed E-state index contributed by atoms with van der Waals surface area (Å²) in [7, 11) is 0. The molecule has 0 bridgehead atoms. The van der Waals surface area contributed by atoms with Crippen LogP contribution in [0.2, 0.25) is 0 Å². The highest BCUT2D eigenvalue weighted by atomic mass is 16.6. The van der Waals surface area contributed by atoms with Gasteiger partial charge in [-0.15, -0.1) is 0 Å². The Morgan fingerprint density at radius 1 is 1.16 bits per heavy atom. The van der Waals surface area contributed by atoms with Crippen LogP contribution < -0.4 is 15.8 Å². The van der Waals surface area contributed by atoms with Crippen molar-refractivity contribution in [2.45, 2.75) is 52.1 Å². The number of rotatable bonds is 8. The lowest BCUT2D eigenvalue weighted by Gasteiger charge is -2.19. The lowest BCUT2D eigenvalue weighted by atomic mass is 10.1. The summed E-state index contributed by atoms with van der Waals surface area (Å²) in [6, 6.07) is 7.48. The normalized spacial score (nSPS) is 10.8. The maximum absolute atomic E-state index is 11.7. The van der Waals surface area contributed by atoms with Gasteiger partial charge in [-0.05, 0) is 51.3 Å². The first-order valence-electron chi connectivity index (χ1n) is 8.23. The zero-order valence-corrected chi connectivity index (χ0v) is 15.1. The van der Waals surface area contributed by atoms with E-state index in [2.05, 4.69) is 5.32 Å². The second-order valence-corrected chi connectivity index (χ2v) is 6.64. The van der Waals surface area contributed by atoms with Crippen molar-refractivity contribution in [3.63, 3.8) is 0 Å². The van der Waals surface area contributed by atoms with Gasteiger partial charge in [0.1, 0.15) is 11.4 Å². The Hall–Kier alpha value is -2.57. The van der Waals surface area contributed by atoms with E-state index in [1.165, 1.54) is 0 Å². The molecule has 138 valence electrons. The molecule has 0 aliphatic carbocycles. The number of guanidine groups is 1. The molecular formula is C18H27N3O4. The maximum Gasteiger partial charge on any atom is 0.306 e. The number of hydrogen-bond acceptors (Lipinski definition) is 5. The van der Waals surface area contributed by atoms with Crippen molar-refractivity contribution in [3.05, 3.63) is 29.8 Å². The van der Waals surface area contributed by atoms with Crippen LogP contribution in [0.4, 0.5) is 0 Å². The van der Waals surface area contributed by atoms with Crippen LogP contribution in [0.3, 0.4) is 0 Å². The Labute approximate surface area is 148 Å². The molecule has 1 rings (SSSR count). The van der Waals surface area contributed by atoms with Crippen molar-refractivity contribution in [3.8, 4) is 5.75 Å². The summed E-state index contributed by atoms with van der Waals surface area (Å²) in [5, 5.41) is 9.16. The molecule has 0 heterocycles. The van der Waals surface area contributed by atoms with Crippen molar-refractivity contribution < 1.29 is 19.1 Å². The summed E-state index contributed by atoms with van der Waals surface area (Å²) in [5.41, 5.74) is 5.63. The van der Waals surface area contributed by atoms with Gasteiger partial charge in [-0.25, -0.2) is 0 Å². The van der Waals surface area contributed by atoms with Crippen molar-refractivity contribution in [2.75, 3.05) is 6.61 Å². The van der Waals surface area contributed by atoms with Crippen molar-refractivity contribution in [1.29, 1.82) is 5.41 Å². The average molecular weight is 349 g/mol. The lowest BCUT2D eigenvalue weighted by molar-refractivity contribution is -0.154. The smallest absolute Gasteiger partial charge is 0.306 e. The minimum absolute atomic E-state index is 0.211. The number of nitrogens with one attached hydrogen (secondary N) is 2. The van der Waals surface area contributed by atoms with Gasteiger partial charge >= 0.3 is 5.97 Å². The van der Waals surface area contributed by atoms with E-state index in [9.17, 15) is 9.59 Å². The summed E-state index contributed by atoms with van der Waals surface area (Å²) in [6.07, 6.45) is 1.72. The van der Waals surface area contributed by atoms with Gasteiger partial charge < -0.3 is 15.2 Å². The monoisotopic (exact) mass is 349 g/mol. The second kappa shape index (κ2) is 9.66. The maximum atomic E-state index is 11.7. The highest BCUT2D eigenvalue weighted by Gasteiger charge is 2.15. The molecule has 1 aromatic rings. The van der Waals surface area contributed by atoms with Gasteiger partial charge in [-0.2, -0.15) is 0 Å². The molecular weight excluding hydrogens is 322 g/mol. The third-order valence-corrected chi connectivity index (χ3v) is 3.05. The fraction of sp³-hybridized carbons (Fsp3) is 0.500. The van der Waals surface area contributed by atoms with E-state index in [1.54, 1.807) is 0 Å². The predicted molar refractivity (Wildman–Crippen MR) is 95.4 cm³/mol. The summed E-state index contributed by atoms with van der Waals surface area (Å²) in [6.45, 7) is 5.94. The van der Waals surface area contributed by atoms with Crippen LogP contribution in [0, 0.1) is 5.41 Å². The number of nitrogens with two attached hydrogens (primary N) is 1. The molecule has 0 aromatic heterocycles. The summed E-state index contributed by atoms with van der Waals surface area (Å²) >= 11 is 0. The van der Waals surface area contributed by atoms with Gasteiger partial charge in [-0.1, -0.05) is 12.1 Å². The van der Waals surface area contributed by atoms with E-state index < -0.39 is 5.60 Å². The third kappa shape index (κ3) is 10.0. The molecule has 0 fully saturated rings. The number of carbonyl (C=O) groups excluding carboxylic acids is 2. The minimum atomic E-state index is -0.462. The zero-order chi connectivity index (χ0) is 18.9. The van der Waals surface area contributed by atoms with Gasteiger partial charge in [-0.3, -0.25) is 20.3 Å². The van der Waals surface area contributed by atoms with Gasteiger partial charge in [0.2, 0.25) is 5.91 Å². The fourth-order valence-corrected chi connectivity index (χ4v) is 2.03. The quantitative estimate of drug-likeness (QED) is 0.288. The van der Waals surface area contributed by atoms with Crippen LogP contribution in [0.15, 0.2) is 24.3 Å². The van der Waals surface area contributed by atoms with Crippen LogP contribution in [-0.2, 0) is 20.7 Å². The topological polar surface area (TPSA) is 114 Å². The third-order valence-electron chi connectivity index (χ3n) is 3.05. The molecule has 4 N–H and O–H groups in total. The first kappa shape index (κ1) is 20.5. The average Bonchev–Trinajstić information content (AvgIpc) is 2.48. The molecule has 1 aromatic carbocycles. The fourth-order valence-electron chi connectivity index (χ4n) is 2.03. The number of esters is 1. The summed E-state index contributed by atoms with van der Waals surface area (Å²) in [4.78, 5) is 23.0. The standard InChI is InChI=1S/C18H27N3O4/c1-18(2,3)25-16(23)11-8-13-6-9-14(10-7-13)24-12-4-5-15(22)21-17(19)20/h6-7,9-10H,4-5,8,11-12H2,1-3H3,(H4,19,20,21,22). The van der Waals surface area contributed by atoms with E-state index in [0.717, 1.165) is 5.56 Å². The van der Waals surface area contributed by atoms with Crippen LogP contribution >= 0.6 is 0 Å². The number of amides is 1. The molecule has 7 heteroatoms. The van der Waals surface area contributed by atoms with Crippen LogP contribution in [0.1, 0.15) is 45.6 Å². The Kier molecular flexibility index (Phi) is 7.91. The molecule has 0 saturated heterocycles. The number of carbonyl (C=O) groups is 2. The number of hydrogen-bond donors (Lipinski definition) is 3. The van der Waals surface area contributed by atoms with Gasteiger partial charge in [0.05, 0.1) is 6.61 Å². The highest BCUT2D eigenvalue weighted by Crippen LogP contribution is 2.15. The first-order chi connectivity index (χ1) is 11.7. The number of ether oxygens (including phenoxy) is 2. The zero-order valence-electron chi connectivity index (χ0n) is 15.1. The second-order valence-electron chi connectivity index (χ2n) is 6.64. The minimum Gasteiger partial charge on any atom is -0.494 e. The SMILES string of the molecule is CC(C)(C)OC(=O)CCc1ccc(OCCCC(=O)NC(=N)N)cc1. The highest BCUT2D eigenvalue weighted by molar-refractivity contribution is 5.94. The van der Waals surface area contributed by atoms with E-state index in [0.29, 0.717) is 31.6 Å². The molecule has 0 atom stereocenters. The Morgan fingerprint density at radius 2 is 1.80 bits per heavy atom. The summed E-state index contributed by atoms with van der Waals surface area (Å²) < 4.78 is 10.8. The molecule has 0 unspecified atom stereocenters. The van der Waals surface area contributed by atoms with Crippen molar-refractivity contribution in [1.82, 2.24) is 5.32 Å². The van der Waals surface area contributed by atoms with E-state index >= 15 is 0 Å². The van der Waals surface area contributed by atoms with Crippen LogP contribution in [0.5, 0.6) is 5.75 Å². The molecule has 1 amide bonds. The molecule has 0 radical (unpaired) electrons. The number of benzene rings is 1. The van der Waals surface area contributed by atoms with Crippen molar-refractivity contribution >= 4 is 17.8 Å². The summed E-state index contributed by atoms with van der Waals surface area (Å²) in [5.74, 6) is -0.161. The van der Waals surface area contributed by atoms with E-state index in [-0.39, 0.29) is 24.3 Å². The van der Waals surface area contributed by atoms with Crippen LogP contribution in [0.25, 0.3) is 0 Å². The van der Waals surface area contributed by atoms with Crippen LogP contribution in [-0.4, -0.2) is 30.0 Å². The molecule has 0 spiro atoms. The molecule has 7 nitrogen and oxygen atoms in total. The Balaban J connectivity index is 2.28. The molecule has 0 saturated carbocycles. The van der Waals surface area contributed by atoms with E-state index in [1.807, 2.05) is 45.0 Å². The van der Waals surface area contributed by atoms with Gasteiger partial charge in [0.15, 0.2) is 5.96 Å². The predicted octanol–water partition coefficient (Wildman–Crippen LogP) is 2.13. The number of aryl methyl sites for hydroxylation is 1. The molecule has 0 aliphatic heterocycles.